The molecule has 0 radical (unpaired) electrons. The molecule has 1 aliphatic rings. The van der Waals surface area contributed by atoms with E-state index in [0.29, 0.717) is 5.92 Å². The molecule has 1 heterocycles. The van der Waals surface area contributed by atoms with Crippen LogP contribution in [0.3, 0.4) is 0 Å². The molecule has 102 valence electrons. The van der Waals surface area contributed by atoms with E-state index in [1.165, 1.54) is 44.3 Å². The van der Waals surface area contributed by atoms with Gasteiger partial charge >= 0.3 is 0 Å². The topological polar surface area (TPSA) is 29.9 Å². The summed E-state index contributed by atoms with van der Waals surface area (Å²) in [7, 11) is 0. The van der Waals surface area contributed by atoms with Crippen molar-refractivity contribution in [2.75, 3.05) is 13.1 Å². The van der Waals surface area contributed by atoms with Crippen LogP contribution in [0.2, 0.25) is 0 Å². The maximum absolute atomic E-state index is 4.49. The molecule has 0 amide bonds. The lowest BCUT2D eigenvalue weighted by Gasteiger charge is -2.32. The molecule has 0 spiro atoms. The number of nitrogens with one attached hydrogen (secondary N) is 1. The molecule has 2 rings (SSSR count). The highest BCUT2D eigenvalue weighted by molar-refractivity contribution is 5.11. The standard InChI is InChI=1S/C15H27N3/c1-3-11-18-15(9-10-17-18)14-8-6-5-7-13(14)12-16-4-2/h9-10,13-14,16H,3-8,11-12H2,1-2H3. The van der Waals surface area contributed by atoms with Gasteiger partial charge in [-0.25, -0.2) is 0 Å². The number of aryl methyl sites for hydroxylation is 1. The van der Waals surface area contributed by atoms with Crippen molar-refractivity contribution >= 4 is 0 Å². The van der Waals surface area contributed by atoms with Crippen molar-refractivity contribution in [2.24, 2.45) is 5.92 Å². The fourth-order valence-electron chi connectivity index (χ4n) is 3.23. The van der Waals surface area contributed by atoms with Gasteiger partial charge in [-0.15, -0.1) is 0 Å². The lowest BCUT2D eigenvalue weighted by atomic mass is 9.77. The van der Waals surface area contributed by atoms with E-state index >= 15 is 0 Å². The third-order valence-electron chi connectivity index (χ3n) is 4.13. The third-order valence-corrected chi connectivity index (χ3v) is 4.13. The van der Waals surface area contributed by atoms with E-state index in [0.717, 1.165) is 19.0 Å². The van der Waals surface area contributed by atoms with Gasteiger partial charge in [-0.3, -0.25) is 4.68 Å². The Labute approximate surface area is 111 Å². The Hall–Kier alpha value is -0.830. The molecule has 2 atom stereocenters. The summed E-state index contributed by atoms with van der Waals surface area (Å²) in [4.78, 5) is 0. The van der Waals surface area contributed by atoms with Gasteiger partial charge in [-0.1, -0.05) is 26.7 Å². The molecule has 1 aliphatic carbocycles. The van der Waals surface area contributed by atoms with Crippen LogP contribution in [0.15, 0.2) is 12.3 Å². The first-order valence-corrected chi connectivity index (χ1v) is 7.59. The molecule has 1 N–H and O–H groups in total. The fraction of sp³-hybridized carbons (Fsp3) is 0.800. The van der Waals surface area contributed by atoms with Gasteiger partial charge in [0.1, 0.15) is 0 Å². The minimum absolute atomic E-state index is 0.715. The highest BCUT2D eigenvalue weighted by atomic mass is 15.3. The Balaban J connectivity index is 2.09. The molecule has 1 aromatic rings. The Kier molecular flexibility index (Phi) is 5.24. The van der Waals surface area contributed by atoms with Gasteiger partial charge in [0.05, 0.1) is 0 Å². The van der Waals surface area contributed by atoms with Crippen LogP contribution in [0.4, 0.5) is 0 Å². The van der Waals surface area contributed by atoms with Gasteiger partial charge in [0.15, 0.2) is 0 Å². The average molecular weight is 249 g/mol. The number of aromatic nitrogens is 2. The van der Waals surface area contributed by atoms with Gasteiger partial charge in [0.25, 0.3) is 0 Å². The van der Waals surface area contributed by atoms with Crippen LogP contribution < -0.4 is 5.32 Å². The van der Waals surface area contributed by atoms with Crippen LogP contribution in [0.25, 0.3) is 0 Å². The first kappa shape index (κ1) is 13.6. The van der Waals surface area contributed by atoms with Gasteiger partial charge in [0.2, 0.25) is 0 Å². The van der Waals surface area contributed by atoms with Gasteiger partial charge < -0.3 is 5.32 Å². The summed E-state index contributed by atoms with van der Waals surface area (Å²) in [5.74, 6) is 1.51. The first-order chi connectivity index (χ1) is 8.86. The van der Waals surface area contributed by atoms with Crippen molar-refractivity contribution in [3.8, 4) is 0 Å². The second-order valence-corrected chi connectivity index (χ2v) is 5.44. The molecular formula is C15H27N3. The van der Waals surface area contributed by atoms with Crippen molar-refractivity contribution in [1.29, 1.82) is 0 Å². The molecule has 0 aliphatic heterocycles. The van der Waals surface area contributed by atoms with E-state index in [4.69, 9.17) is 0 Å². The van der Waals surface area contributed by atoms with Gasteiger partial charge in [-0.05, 0) is 44.3 Å². The quantitative estimate of drug-likeness (QED) is 0.839. The highest BCUT2D eigenvalue weighted by Crippen LogP contribution is 2.37. The van der Waals surface area contributed by atoms with Crippen molar-refractivity contribution in [3.05, 3.63) is 18.0 Å². The molecule has 0 aromatic carbocycles. The summed E-state index contributed by atoms with van der Waals surface area (Å²) in [6.07, 6.45) is 8.63. The van der Waals surface area contributed by atoms with Crippen LogP contribution in [0.5, 0.6) is 0 Å². The molecule has 1 aromatic heterocycles. The second kappa shape index (κ2) is 6.93. The number of hydrogen-bond donors (Lipinski definition) is 1. The normalized spacial score (nSPS) is 24.3. The first-order valence-electron chi connectivity index (χ1n) is 7.59. The molecule has 3 nitrogen and oxygen atoms in total. The molecule has 0 saturated heterocycles. The molecule has 18 heavy (non-hydrogen) atoms. The van der Waals surface area contributed by atoms with E-state index < -0.39 is 0 Å². The summed E-state index contributed by atoms with van der Waals surface area (Å²) in [6.45, 7) is 7.73. The van der Waals surface area contributed by atoms with Crippen molar-refractivity contribution in [3.63, 3.8) is 0 Å². The smallest absolute Gasteiger partial charge is 0.0492 e. The van der Waals surface area contributed by atoms with Crippen LogP contribution in [-0.4, -0.2) is 22.9 Å². The highest BCUT2D eigenvalue weighted by Gasteiger charge is 2.28. The summed E-state index contributed by atoms with van der Waals surface area (Å²) in [5, 5.41) is 8.02. The molecule has 0 bridgehead atoms. The zero-order valence-electron chi connectivity index (χ0n) is 11.9. The molecule has 1 fully saturated rings. The van der Waals surface area contributed by atoms with Crippen LogP contribution >= 0.6 is 0 Å². The second-order valence-electron chi connectivity index (χ2n) is 5.44. The Morgan fingerprint density at radius 2 is 2.17 bits per heavy atom. The lowest BCUT2D eigenvalue weighted by molar-refractivity contribution is 0.284. The van der Waals surface area contributed by atoms with Crippen molar-refractivity contribution < 1.29 is 0 Å². The molecule has 3 heteroatoms. The predicted octanol–water partition coefficient (Wildman–Crippen LogP) is 3.18. The molecule has 2 unspecified atom stereocenters. The Bertz CT molecular complexity index is 345. The average Bonchev–Trinajstić information content (AvgIpc) is 2.85. The number of hydrogen-bond acceptors (Lipinski definition) is 2. The zero-order valence-corrected chi connectivity index (χ0v) is 11.9. The van der Waals surface area contributed by atoms with Crippen molar-refractivity contribution in [2.45, 2.75) is 58.4 Å². The summed E-state index contributed by atoms with van der Waals surface area (Å²) < 4.78 is 2.23. The fourth-order valence-corrected chi connectivity index (χ4v) is 3.23. The summed E-state index contributed by atoms with van der Waals surface area (Å²) >= 11 is 0. The Morgan fingerprint density at radius 3 is 2.94 bits per heavy atom. The van der Waals surface area contributed by atoms with Crippen LogP contribution in [0, 0.1) is 5.92 Å². The van der Waals surface area contributed by atoms with Crippen LogP contribution in [0.1, 0.15) is 57.6 Å². The minimum Gasteiger partial charge on any atom is -0.317 e. The molecule has 1 saturated carbocycles. The summed E-state index contributed by atoms with van der Waals surface area (Å²) in [5.41, 5.74) is 1.47. The molecular weight excluding hydrogens is 222 g/mol. The van der Waals surface area contributed by atoms with Gasteiger partial charge in [0, 0.05) is 24.4 Å². The maximum atomic E-state index is 4.49. The SMILES string of the molecule is CCCn1nccc1C1CCCCC1CNCC. The largest absolute Gasteiger partial charge is 0.317 e. The predicted molar refractivity (Wildman–Crippen MR) is 75.8 cm³/mol. The van der Waals surface area contributed by atoms with E-state index in [9.17, 15) is 0 Å². The summed E-state index contributed by atoms with van der Waals surface area (Å²) in [6, 6.07) is 2.24. The van der Waals surface area contributed by atoms with E-state index in [-0.39, 0.29) is 0 Å². The van der Waals surface area contributed by atoms with Gasteiger partial charge in [-0.2, -0.15) is 5.10 Å². The third kappa shape index (κ3) is 3.14. The monoisotopic (exact) mass is 249 g/mol. The number of rotatable bonds is 6. The minimum atomic E-state index is 0.715. The van der Waals surface area contributed by atoms with E-state index in [2.05, 4.69) is 35.0 Å². The number of nitrogens with zero attached hydrogens (tertiary/aromatic N) is 2. The maximum Gasteiger partial charge on any atom is 0.0492 e. The van der Waals surface area contributed by atoms with E-state index in [1.807, 2.05) is 6.20 Å². The lowest BCUT2D eigenvalue weighted by Crippen LogP contribution is -2.30. The van der Waals surface area contributed by atoms with Crippen molar-refractivity contribution in [1.82, 2.24) is 15.1 Å². The van der Waals surface area contributed by atoms with Crippen LogP contribution in [-0.2, 0) is 6.54 Å². The van der Waals surface area contributed by atoms with E-state index in [1.54, 1.807) is 0 Å². The Morgan fingerprint density at radius 1 is 1.33 bits per heavy atom. The zero-order chi connectivity index (χ0) is 12.8.